The van der Waals surface area contributed by atoms with Gasteiger partial charge in [0.25, 0.3) is 0 Å². The zero-order valence-electron chi connectivity index (χ0n) is 13.1. The van der Waals surface area contributed by atoms with Crippen LogP contribution in [-0.2, 0) is 6.42 Å². The van der Waals surface area contributed by atoms with E-state index in [1.54, 1.807) is 0 Å². The lowest BCUT2D eigenvalue weighted by Gasteiger charge is -2.34. The van der Waals surface area contributed by atoms with E-state index in [-0.39, 0.29) is 0 Å². The lowest BCUT2D eigenvalue weighted by atomic mass is 9.96. The number of anilines is 1. The molecule has 112 valence electrons. The van der Waals surface area contributed by atoms with Gasteiger partial charge < -0.3 is 15.5 Å². The summed E-state index contributed by atoms with van der Waals surface area (Å²) in [6.45, 7) is 6.31. The SMILES string of the molecule is Cc1cc(CCN)cnc1N1CCC(CN(C)C)CC1. The topological polar surface area (TPSA) is 45.4 Å². The largest absolute Gasteiger partial charge is 0.356 e. The summed E-state index contributed by atoms with van der Waals surface area (Å²) in [5.41, 5.74) is 8.13. The molecule has 1 aliphatic heterocycles. The smallest absolute Gasteiger partial charge is 0.131 e. The molecule has 1 aromatic heterocycles. The molecule has 0 amide bonds. The summed E-state index contributed by atoms with van der Waals surface area (Å²) in [7, 11) is 4.32. The van der Waals surface area contributed by atoms with E-state index in [2.05, 4.69) is 41.9 Å². The Kier molecular flexibility index (Phi) is 5.38. The van der Waals surface area contributed by atoms with E-state index in [0.29, 0.717) is 6.54 Å². The maximum absolute atomic E-state index is 5.60. The first-order chi connectivity index (χ1) is 9.60. The molecule has 2 N–H and O–H groups in total. The normalized spacial score (nSPS) is 16.9. The summed E-state index contributed by atoms with van der Waals surface area (Å²) in [4.78, 5) is 9.40. The summed E-state index contributed by atoms with van der Waals surface area (Å²) in [6, 6.07) is 2.24. The van der Waals surface area contributed by atoms with Gasteiger partial charge in [0.2, 0.25) is 0 Å². The Balaban J connectivity index is 1.96. The Hall–Kier alpha value is -1.13. The van der Waals surface area contributed by atoms with E-state index in [9.17, 15) is 0 Å². The first kappa shape index (κ1) is 15.3. The fraction of sp³-hybridized carbons (Fsp3) is 0.688. The van der Waals surface area contributed by atoms with Crippen LogP contribution in [0, 0.1) is 12.8 Å². The van der Waals surface area contributed by atoms with Gasteiger partial charge in [-0.05, 0) is 63.9 Å². The number of aromatic nitrogens is 1. The Morgan fingerprint density at radius 1 is 1.35 bits per heavy atom. The fourth-order valence-corrected chi connectivity index (χ4v) is 3.10. The summed E-state index contributed by atoms with van der Waals surface area (Å²) in [6.07, 6.45) is 5.44. The molecule has 0 spiro atoms. The van der Waals surface area contributed by atoms with Crippen molar-refractivity contribution in [2.24, 2.45) is 11.7 Å². The highest BCUT2D eigenvalue weighted by Crippen LogP contribution is 2.25. The number of nitrogens with zero attached hydrogens (tertiary/aromatic N) is 3. The molecule has 20 heavy (non-hydrogen) atoms. The lowest BCUT2D eigenvalue weighted by molar-refractivity contribution is 0.284. The number of aryl methyl sites for hydroxylation is 1. The van der Waals surface area contributed by atoms with Gasteiger partial charge in [-0.2, -0.15) is 0 Å². The van der Waals surface area contributed by atoms with Crippen LogP contribution in [0.2, 0.25) is 0 Å². The van der Waals surface area contributed by atoms with Crippen LogP contribution in [0.1, 0.15) is 24.0 Å². The van der Waals surface area contributed by atoms with Gasteiger partial charge in [-0.1, -0.05) is 6.07 Å². The number of pyridine rings is 1. The number of piperidine rings is 1. The standard InChI is InChI=1S/C16H28N4/c1-13-10-15(4-7-17)11-18-16(13)20-8-5-14(6-9-20)12-19(2)3/h10-11,14H,4-9,12,17H2,1-3H3. The highest BCUT2D eigenvalue weighted by Gasteiger charge is 2.21. The fourth-order valence-electron chi connectivity index (χ4n) is 3.10. The van der Waals surface area contributed by atoms with Gasteiger partial charge in [-0.3, -0.25) is 0 Å². The molecule has 0 bridgehead atoms. The van der Waals surface area contributed by atoms with Gasteiger partial charge in [0.1, 0.15) is 5.82 Å². The van der Waals surface area contributed by atoms with E-state index in [1.165, 1.54) is 30.5 Å². The third kappa shape index (κ3) is 3.93. The molecule has 2 rings (SSSR count). The third-order valence-electron chi connectivity index (χ3n) is 4.08. The molecule has 0 aliphatic carbocycles. The molecule has 0 saturated carbocycles. The van der Waals surface area contributed by atoms with Crippen molar-refractivity contribution in [3.63, 3.8) is 0 Å². The van der Waals surface area contributed by atoms with Crippen LogP contribution >= 0.6 is 0 Å². The molecule has 1 aliphatic rings. The van der Waals surface area contributed by atoms with Crippen LogP contribution in [0.5, 0.6) is 0 Å². The Morgan fingerprint density at radius 3 is 2.60 bits per heavy atom. The van der Waals surface area contributed by atoms with E-state index >= 15 is 0 Å². The first-order valence-electron chi connectivity index (χ1n) is 7.65. The highest BCUT2D eigenvalue weighted by atomic mass is 15.2. The summed E-state index contributed by atoms with van der Waals surface area (Å²) < 4.78 is 0. The van der Waals surface area contributed by atoms with Gasteiger partial charge in [0.05, 0.1) is 0 Å². The second-order valence-corrected chi connectivity index (χ2v) is 6.22. The average Bonchev–Trinajstić information content (AvgIpc) is 2.40. The van der Waals surface area contributed by atoms with E-state index in [0.717, 1.165) is 31.2 Å². The zero-order chi connectivity index (χ0) is 14.5. The lowest BCUT2D eigenvalue weighted by Crippen LogP contribution is -2.37. The van der Waals surface area contributed by atoms with Crippen molar-refractivity contribution < 1.29 is 0 Å². The van der Waals surface area contributed by atoms with Crippen molar-refractivity contribution in [2.75, 3.05) is 45.2 Å². The van der Waals surface area contributed by atoms with E-state index in [1.807, 2.05) is 6.20 Å². The van der Waals surface area contributed by atoms with E-state index < -0.39 is 0 Å². The van der Waals surface area contributed by atoms with Crippen molar-refractivity contribution in [3.05, 3.63) is 23.4 Å². The highest BCUT2D eigenvalue weighted by molar-refractivity contribution is 5.47. The Labute approximate surface area is 123 Å². The maximum atomic E-state index is 5.60. The molecule has 0 unspecified atom stereocenters. The third-order valence-corrected chi connectivity index (χ3v) is 4.08. The molecular weight excluding hydrogens is 248 g/mol. The molecule has 1 aromatic rings. The van der Waals surface area contributed by atoms with Crippen LogP contribution in [-0.4, -0.2) is 50.2 Å². The minimum absolute atomic E-state index is 0.691. The number of hydrogen-bond acceptors (Lipinski definition) is 4. The molecule has 0 atom stereocenters. The summed E-state index contributed by atoms with van der Waals surface area (Å²) >= 11 is 0. The van der Waals surface area contributed by atoms with Crippen molar-refractivity contribution >= 4 is 5.82 Å². The van der Waals surface area contributed by atoms with Crippen LogP contribution in [0.3, 0.4) is 0 Å². The van der Waals surface area contributed by atoms with Crippen LogP contribution < -0.4 is 10.6 Å². The second-order valence-electron chi connectivity index (χ2n) is 6.22. The summed E-state index contributed by atoms with van der Waals surface area (Å²) in [5, 5.41) is 0. The molecule has 0 radical (unpaired) electrons. The van der Waals surface area contributed by atoms with Crippen LogP contribution in [0.4, 0.5) is 5.82 Å². The molecule has 1 fully saturated rings. The Morgan fingerprint density at radius 2 is 2.05 bits per heavy atom. The number of nitrogens with two attached hydrogens (primary N) is 1. The minimum atomic E-state index is 0.691. The number of rotatable bonds is 5. The predicted molar refractivity (Wildman–Crippen MR) is 85.2 cm³/mol. The quantitative estimate of drug-likeness (QED) is 0.888. The van der Waals surface area contributed by atoms with Crippen LogP contribution in [0.25, 0.3) is 0 Å². The van der Waals surface area contributed by atoms with Gasteiger partial charge in [0.15, 0.2) is 0 Å². The van der Waals surface area contributed by atoms with Crippen molar-refractivity contribution in [1.29, 1.82) is 0 Å². The molecule has 1 saturated heterocycles. The maximum Gasteiger partial charge on any atom is 0.131 e. The number of hydrogen-bond donors (Lipinski definition) is 1. The molecular formula is C16H28N4. The minimum Gasteiger partial charge on any atom is -0.356 e. The van der Waals surface area contributed by atoms with Crippen molar-refractivity contribution in [1.82, 2.24) is 9.88 Å². The molecule has 2 heterocycles. The average molecular weight is 276 g/mol. The monoisotopic (exact) mass is 276 g/mol. The molecule has 0 aromatic carbocycles. The van der Waals surface area contributed by atoms with Crippen LogP contribution in [0.15, 0.2) is 12.3 Å². The van der Waals surface area contributed by atoms with Gasteiger partial charge in [-0.15, -0.1) is 0 Å². The molecule has 4 nitrogen and oxygen atoms in total. The zero-order valence-corrected chi connectivity index (χ0v) is 13.1. The van der Waals surface area contributed by atoms with Crippen molar-refractivity contribution in [3.8, 4) is 0 Å². The second kappa shape index (κ2) is 7.04. The summed E-state index contributed by atoms with van der Waals surface area (Å²) in [5.74, 6) is 1.99. The molecule has 4 heteroatoms. The van der Waals surface area contributed by atoms with E-state index in [4.69, 9.17) is 5.73 Å². The predicted octanol–water partition coefficient (Wildman–Crippen LogP) is 1.67. The van der Waals surface area contributed by atoms with Gasteiger partial charge in [0, 0.05) is 25.8 Å². The Bertz CT molecular complexity index is 422. The van der Waals surface area contributed by atoms with Gasteiger partial charge >= 0.3 is 0 Å². The first-order valence-corrected chi connectivity index (χ1v) is 7.65. The van der Waals surface area contributed by atoms with Crippen molar-refractivity contribution in [2.45, 2.75) is 26.2 Å². The van der Waals surface area contributed by atoms with Gasteiger partial charge in [-0.25, -0.2) is 4.98 Å².